The molecule has 0 aromatic heterocycles. The molecule has 2 aromatic rings. The summed E-state index contributed by atoms with van der Waals surface area (Å²) in [5.74, 6) is -2.03. The summed E-state index contributed by atoms with van der Waals surface area (Å²) in [7, 11) is 0. The fourth-order valence-corrected chi connectivity index (χ4v) is 4.00. The maximum Gasteiger partial charge on any atom is 0.326 e. The number of hydrogen-bond donors (Lipinski definition) is 1. The van der Waals surface area contributed by atoms with Gasteiger partial charge in [-0.2, -0.15) is 5.26 Å². The Labute approximate surface area is 208 Å². The molecule has 1 heterocycles. The zero-order valence-corrected chi connectivity index (χ0v) is 20.2. The number of benzene rings is 2. The molecule has 1 N–H and O–H groups in total. The van der Waals surface area contributed by atoms with Crippen LogP contribution in [0.3, 0.4) is 0 Å². The average molecular weight is 497 g/mol. The van der Waals surface area contributed by atoms with Gasteiger partial charge >= 0.3 is 12.0 Å². The third-order valence-corrected chi connectivity index (χ3v) is 6.24. The van der Waals surface area contributed by atoms with Gasteiger partial charge in [0.05, 0.1) is 12.5 Å². The van der Waals surface area contributed by atoms with Crippen LogP contribution in [0.2, 0.25) is 5.02 Å². The Bertz CT molecular complexity index is 1180. The minimum Gasteiger partial charge on any atom is -0.454 e. The summed E-state index contributed by atoms with van der Waals surface area (Å²) in [6.45, 7) is 2.39. The second-order valence-corrected chi connectivity index (χ2v) is 8.40. The highest BCUT2D eigenvalue weighted by atomic mass is 35.5. The first-order chi connectivity index (χ1) is 16.7. The van der Waals surface area contributed by atoms with Crippen molar-refractivity contribution < 1.29 is 23.9 Å². The van der Waals surface area contributed by atoms with E-state index >= 15 is 0 Å². The summed E-state index contributed by atoms with van der Waals surface area (Å²) >= 11 is 6.06. The molecule has 10 heteroatoms. The zero-order valence-electron chi connectivity index (χ0n) is 19.4. The number of nitrogens with one attached hydrogen (secondary N) is 1. The van der Waals surface area contributed by atoms with Gasteiger partial charge in [0.2, 0.25) is 0 Å². The molecule has 2 aromatic carbocycles. The Morgan fingerprint density at radius 3 is 2.54 bits per heavy atom. The Morgan fingerprint density at radius 1 is 1.20 bits per heavy atom. The van der Waals surface area contributed by atoms with Crippen LogP contribution in [0.1, 0.15) is 30.9 Å². The first kappa shape index (κ1) is 25.7. The molecule has 0 saturated carbocycles. The van der Waals surface area contributed by atoms with E-state index in [-0.39, 0.29) is 13.0 Å². The van der Waals surface area contributed by atoms with Crippen molar-refractivity contribution in [3.63, 3.8) is 0 Å². The van der Waals surface area contributed by atoms with Crippen LogP contribution in [0.4, 0.5) is 10.5 Å². The monoisotopic (exact) mass is 496 g/mol. The average Bonchev–Trinajstić information content (AvgIpc) is 3.10. The van der Waals surface area contributed by atoms with E-state index in [4.69, 9.17) is 21.6 Å². The van der Waals surface area contributed by atoms with Crippen LogP contribution in [-0.4, -0.2) is 48.4 Å². The first-order valence-electron chi connectivity index (χ1n) is 11.0. The molecule has 1 saturated heterocycles. The molecule has 0 spiro atoms. The number of ether oxygens (including phenoxy) is 1. The van der Waals surface area contributed by atoms with E-state index in [1.165, 1.54) is 4.90 Å². The van der Waals surface area contributed by atoms with E-state index in [1.807, 2.05) is 6.07 Å². The molecule has 1 fully saturated rings. The maximum absolute atomic E-state index is 13.1. The van der Waals surface area contributed by atoms with Crippen molar-refractivity contribution in [3.8, 4) is 6.07 Å². The van der Waals surface area contributed by atoms with Crippen molar-refractivity contribution in [2.24, 2.45) is 0 Å². The van der Waals surface area contributed by atoms with Gasteiger partial charge in [0.25, 0.3) is 11.8 Å². The third-order valence-electron chi connectivity index (χ3n) is 5.82. The van der Waals surface area contributed by atoms with Gasteiger partial charge in [-0.25, -0.2) is 4.79 Å². The highest BCUT2D eigenvalue weighted by molar-refractivity contribution is 6.31. The van der Waals surface area contributed by atoms with Crippen molar-refractivity contribution in [1.29, 1.82) is 5.26 Å². The van der Waals surface area contributed by atoms with Crippen molar-refractivity contribution >= 4 is 41.1 Å². The number of amides is 4. The number of urea groups is 1. The van der Waals surface area contributed by atoms with E-state index in [0.29, 0.717) is 22.7 Å². The summed E-state index contributed by atoms with van der Waals surface area (Å²) in [5, 5.41) is 12.2. The number of aryl methyl sites for hydroxylation is 1. The summed E-state index contributed by atoms with van der Waals surface area (Å²) in [6, 6.07) is 15.0. The van der Waals surface area contributed by atoms with E-state index in [0.717, 1.165) is 10.5 Å². The normalized spacial score (nSPS) is 17.0. The van der Waals surface area contributed by atoms with Crippen LogP contribution >= 0.6 is 11.6 Å². The minimum absolute atomic E-state index is 0.0718. The SMILES string of the molecule is CCC1(c2ccccc2)NC(=O)N(CC(=O)OCC(=O)N(CCC#N)c2ccc(Cl)c(C)c2)C1=O. The maximum atomic E-state index is 13.1. The lowest BCUT2D eigenvalue weighted by atomic mass is 9.87. The Morgan fingerprint density at radius 2 is 1.91 bits per heavy atom. The van der Waals surface area contributed by atoms with Crippen LogP contribution in [-0.2, 0) is 24.7 Å². The molecule has 3 rings (SSSR count). The van der Waals surface area contributed by atoms with Crippen molar-refractivity contribution in [1.82, 2.24) is 10.2 Å². The zero-order chi connectivity index (χ0) is 25.6. The number of carbonyl (C=O) groups excluding carboxylic acids is 4. The molecule has 0 bridgehead atoms. The van der Waals surface area contributed by atoms with Gasteiger partial charge in [-0.15, -0.1) is 0 Å². The second kappa shape index (κ2) is 11.0. The standard InChI is InChI=1S/C25H25ClN4O5/c1-3-25(18-8-5-4-6-9-18)23(33)30(24(34)28-25)15-22(32)35-16-21(31)29(13-7-12-27)19-10-11-20(26)17(2)14-19/h4-6,8-11,14H,3,7,13,15-16H2,1-2H3,(H,28,34). The van der Waals surface area contributed by atoms with E-state index < -0.39 is 42.5 Å². The topological polar surface area (TPSA) is 120 Å². The molecule has 4 amide bonds. The van der Waals surface area contributed by atoms with Crippen molar-refractivity contribution in [2.45, 2.75) is 32.2 Å². The third kappa shape index (κ3) is 5.44. The molecule has 0 radical (unpaired) electrons. The molecule has 0 aliphatic carbocycles. The quantitative estimate of drug-likeness (QED) is 0.420. The van der Waals surface area contributed by atoms with Crippen LogP contribution in [0, 0.1) is 18.3 Å². The molecule has 182 valence electrons. The lowest BCUT2D eigenvalue weighted by Crippen LogP contribution is -2.44. The number of hydrogen-bond acceptors (Lipinski definition) is 6. The molecule has 1 aliphatic rings. The summed E-state index contributed by atoms with van der Waals surface area (Å²) in [6.07, 6.45) is 0.363. The lowest BCUT2D eigenvalue weighted by molar-refractivity contribution is -0.150. The molecule has 1 atom stereocenters. The minimum atomic E-state index is -1.27. The molecular weight excluding hydrogens is 472 g/mol. The van der Waals surface area contributed by atoms with Gasteiger partial charge in [-0.05, 0) is 42.7 Å². The van der Waals surface area contributed by atoms with Crippen LogP contribution in [0.25, 0.3) is 0 Å². The Balaban J connectivity index is 1.67. The lowest BCUT2D eigenvalue weighted by Gasteiger charge is -2.25. The predicted octanol–water partition coefficient (Wildman–Crippen LogP) is 3.30. The Kier molecular flexibility index (Phi) is 8.10. The van der Waals surface area contributed by atoms with Gasteiger partial charge in [0.1, 0.15) is 12.1 Å². The number of nitrogens with zero attached hydrogens (tertiary/aromatic N) is 3. The largest absolute Gasteiger partial charge is 0.454 e. The summed E-state index contributed by atoms with van der Waals surface area (Å²) < 4.78 is 5.09. The van der Waals surface area contributed by atoms with Gasteiger partial charge in [0.15, 0.2) is 6.61 Å². The predicted molar refractivity (Wildman–Crippen MR) is 128 cm³/mol. The number of anilines is 1. The smallest absolute Gasteiger partial charge is 0.326 e. The fourth-order valence-electron chi connectivity index (χ4n) is 3.88. The van der Waals surface area contributed by atoms with E-state index in [2.05, 4.69) is 5.32 Å². The molecule has 1 aliphatic heterocycles. The first-order valence-corrected chi connectivity index (χ1v) is 11.4. The number of esters is 1. The second-order valence-electron chi connectivity index (χ2n) is 7.99. The summed E-state index contributed by atoms with van der Waals surface area (Å²) in [5.41, 5.74) is 0.591. The van der Waals surface area contributed by atoms with Crippen molar-refractivity contribution in [3.05, 3.63) is 64.7 Å². The molecular formula is C25H25ClN4O5. The van der Waals surface area contributed by atoms with E-state index in [1.54, 1.807) is 62.4 Å². The fraction of sp³-hybridized carbons (Fsp3) is 0.320. The number of halogens is 1. The van der Waals surface area contributed by atoms with Crippen molar-refractivity contribution in [2.75, 3.05) is 24.6 Å². The number of carbonyl (C=O) groups is 4. The van der Waals surface area contributed by atoms with Gasteiger partial charge in [-0.1, -0.05) is 48.9 Å². The highest BCUT2D eigenvalue weighted by Gasteiger charge is 2.51. The van der Waals surface area contributed by atoms with E-state index in [9.17, 15) is 19.2 Å². The Hall–Kier alpha value is -3.90. The van der Waals surface area contributed by atoms with Gasteiger partial charge in [-0.3, -0.25) is 19.3 Å². The van der Waals surface area contributed by atoms with Crippen LogP contribution in [0.15, 0.2) is 48.5 Å². The van der Waals surface area contributed by atoms with Crippen LogP contribution < -0.4 is 10.2 Å². The van der Waals surface area contributed by atoms with Crippen LogP contribution in [0.5, 0.6) is 0 Å². The number of nitriles is 1. The van der Waals surface area contributed by atoms with Gasteiger partial charge in [0, 0.05) is 17.3 Å². The molecule has 9 nitrogen and oxygen atoms in total. The van der Waals surface area contributed by atoms with Gasteiger partial charge < -0.3 is 15.0 Å². The molecule has 35 heavy (non-hydrogen) atoms. The number of imide groups is 1. The molecule has 1 unspecified atom stereocenters. The number of rotatable bonds is 9. The summed E-state index contributed by atoms with van der Waals surface area (Å²) in [4.78, 5) is 53.1. The highest BCUT2D eigenvalue weighted by Crippen LogP contribution is 2.32.